The predicted molar refractivity (Wildman–Crippen MR) is 134 cm³/mol. The molecule has 1 atom stereocenters. The van der Waals surface area contributed by atoms with Crippen molar-refractivity contribution in [1.29, 1.82) is 0 Å². The fourth-order valence-electron chi connectivity index (χ4n) is 4.18. The second kappa shape index (κ2) is 12.1. The maximum absolute atomic E-state index is 11.9. The van der Waals surface area contributed by atoms with Gasteiger partial charge in [0.15, 0.2) is 0 Å². The van der Waals surface area contributed by atoms with Crippen molar-refractivity contribution in [2.24, 2.45) is 5.73 Å². The van der Waals surface area contributed by atoms with E-state index in [0.29, 0.717) is 13.0 Å². The molecular weight excluding hydrogens is 426 g/mol. The number of carboxylic acids is 1. The summed E-state index contributed by atoms with van der Waals surface area (Å²) >= 11 is 0. The van der Waals surface area contributed by atoms with E-state index in [2.05, 4.69) is 90.4 Å². The quantitative estimate of drug-likeness (QED) is 0.245. The molecule has 0 aliphatic carbocycles. The fraction of sp³-hybridized carbons (Fsp3) is 0.286. The van der Waals surface area contributed by atoms with Gasteiger partial charge < -0.3 is 16.2 Å². The van der Waals surface area contributed by atoms with Gasteiger partial charge in [0.25, 0.3) is 0 Å². The van der Waals surface area contributed by atoms with E-state index in [1.807, 2.05) is 12.1 Å². The fourth-order valence-corrected chi connectivity index (χ4v) is 4.18. The third-order valence-electron chi connectivity index (χ3n) is 5.98. The highest BCUT2D eigenvalue weighted by molar-refractivity contribution is 5.84. The van der Waals surface area contributed by atoms with Crippen LogP contribution in [0.15, 0.2) is 84.9 Å². The first-order valence-corrected chi connectivity index (χ1v) is 11.6. The lowest BCUT2D eigenvalue weighted by Gasteiger charge is -2.37. The standard InChI is InChI=1S/C28H33N3O3/c1-21-15-17-24(18-16-21)28(22-10-4-2-5-11-22,23-12-6-3-7-13-23)31-19-9-8-14-25(29)27(34)30-20-26(32)33/h2-7,10-13,15-18,25,31H,8-9,14,19-20,29H2,1H3,(H,30,34)(H,32,33)/t25-/m0/s1. The highest BCUT2D eigenvalue weighted by Gasteiger charge is 2.35. The summed E-state index contributed by atoms with van der Waals surface area (Å²) in [5, 5.41) is 14.9. The minimum Gasteiger partial charge on any atom is -0.480 e. The van der Waals surface area contributed by atoms with Crippen LogP contribution in [0, 0.1) is 6.92 Å². The van der Waals surface area contributed by atoms with Gasteiger partial charge >= 0.3 is 5.97 Å². The molecule has 0 radical (unpaired) electrons. The number of rotatable bonds is 12. The largest absolute Gasteiger partial charge is 0.480 e. The van der Waals surface area contributed by atoms with Crippen LogP contribution in [0.5, 0.6) is 0 Å². The number of nitrogens with one attached hydrogen (secondary N) is 2. The second-order valence-electron chi connectivity index (χ2n) is 8.49. The van der Waals surface area contributed by atoms with Crippen LogP contribution in [-0.2, 0) is 15.1 Å². The van der Waals surface area contributed by atoms with E-state index in [9.17, 15) is 9.59 Å². The lowest BCUT2D eigenvalue weighted by atomic mass is 9.76. The molecule has 1 amide bonds. The first-order valence-electron chi connectivity index (χ1n) is 11.6. The van der Waals surface area contributed by atoms with Gasteiger partial charge in [0.2, 0.25) is 5.91 Å². The van der Waals surface area contributed by atoms with Gasteiger partial charge in [-0.05, 0) is 43.0 Å². The van der Waals surface area contributed by atoms with Crippen molar-refractivity contribution in [3.05, 3.63) is 107 Å². The van der Waals surface area contributed by atoms with E-state index < -0.39 is 30.0 Å². The molecule has 0 aliphatic rings. The molecule has 0 unspecified atom stereocenters. The number of carboxylic acid groups (broad SMARTS) is 1. The molecule has 0 saturated carbocycles. The van der Waals surface area contributed by atoms with Crippen molar-refractivity contribution in [1.82, 2.24) is 10.6 Å². The van der Waals surface area contributed by atoms with E-state index in [-0.39, 0.29) is 0 Å². The Bertz CT molecular complexity index is 1010. The number of nitrogens with two attached hydrogens (primary N) is 1. The summed E-state index contributed by atoms with van der Waals surface area (Å²) in [6.45, 7) is 2.38. The van der Waals surface area contributed by atoms with Gasteiger partial charge in [-0.2, -0.15) is 0 Å². The summed E-state index contributed by atoms with van der Waals surface area (Å²) < 4.78 is 0. The molecule has 3 aromatic carbocycles. The summed E-state index contributed by atoms with van der Waals surface area (Å²) in [4.78, 5) is 22.6. The molecule has 0 fully saturated rings. The Labute approximate surface area is 201 Å². The van der Waals surface area contributed by atoms with Crippen LogP contribution >= 0.6 is 0 Å². The molecule has 0 bridgehead atoms. The van der Waals surface area contributed by atoms with Crippen LogP contribution in [0.4, 0.5) is 0 Å². The first kappa shape index (κ1) is 25.1. The molecule has 3 aromatic rings. The summed E-state index contributed by atoms with van der Waals surface area (Å²) in [5.41, 5.74) is 10.1. The smallest absolute Gasteiger partial charge is 0.322 e. The van der Waals surface area contributed by atoms with Crippen molar-refractivity contribution in [3.8, 4) is 0 Å². The van der Waals surface area contributed by atoms with Gasteiger partial charge in [0.1, 0.15) is 6.54 Å². The van der Waals surface area contributed by atoms with Crippen LogP contribution in [0.2, 0.25) is 0 Å². The molecule has 0 heterocycles. The number of aliphatic carboxylic acids is 1. The highest BCUT2D eigenvalue weighted by Crippen LogP contribution is 2.37. The van der Waals surface area contributed by atoms with Gasteiger partial charge in [-0.3, -0.25) is 14.9 Å². The van der Waals surface area contributed by atoms with Crippen LogP contribution in [-0.4, -0.2) is 36.1 Å². The summed E-state index contributed by atoms with van der Waals surface area (Å²) in [6.07, 6.45) is 2.04. The molecule has 6 nitrogen and oxygen atoms in total. The molecule has 0 aromatic heterocycles. The molecule has 34 heavy (non-hydrogen) atoms. The zero-order chi connectivity index (χ0) is 24.4. The lowest BCUT2D eigenvalue weighted by Crippen LogP contribution is -2.45. The Morgan fingerprint density at radius 3 is 1.91 bits per heavy atom. The molecule has 0 aliphatic heterocycles. The van der Waals surface area contributed by atoms with Gasteiger partial charge in [0.05, 0.1) is 11.6 Å². The van der Waals surface area contributed by atoms with Crippen molar-refractivity contribution in [2.45, 2.75) is 37.8 Å². The van der Waals surface area contributed by atoms with Gasteiger partial charge in [0, 0.05) is 0 Å². The number of carbonyl (C=O) groups is 2. The van der Waals surface area contributed by atoms with Crippen molar-refractivity contribution < 1.29 is 14.7 Å². The average molecular weight is 460 g/mol. The maximum Gasteiger partial charge on any atom is 0.322 e. The third kappa shape index (κ3) is 6.31. The molecule has 3 rings (SSSR count). The normalized spacial score (nSPS) is 12.2. The summed E-state index contributed by atoms with van der Waals surface area (Å²) in [6, 6.07) is 28.7. The molecule has 0 spiro atoms. The number of hydrogen-bond acceptors (Lipinski definition) is 4. The predicted octanol–water partition coefficient (Wildman–Crippen LogP) is 3.57. The van der Waals surface area contributed by atoms with E-state index in [1.165, 1.54) is 5.56 Å². The number of amides is 1. The number of unbranched alkanes of at least 4 members (excludes halogenated alkanes) is 1. The number of carbonyl (C=O) groups excluding carboxylic acids is 1. The van der Waals surface area contributed by atoms with Crippen molar-refractivity contribution in [2.75, 3.05) is 13.1 Å². The summed E-state index contributed by atoms with van der Waals surface area (Å²) in [7, 11) is 0. The van der Waals surface area contributed by atoms with Crippen molar-refractivity contribution >= 4 is 11.9 Å². The average Bonchev–Trinajstić information content (AvgIpc) is 2.86. The SMILES string of the molecule is Cc1ccc(C(NCCCC[C@H](N)C(=O)NCC(=O)O)(c2ccccc2)c2ccccc2)cc1. The highest BCUT2D eigenvalue weighted by atomic mass is 16.4. The van der Waals surface area contributed by atoms with Gasteiger partial charge in [-0.25, -0.2) is 0 Å². The van der Waals surface area contributed by atoms with Crippen LogP contribution in [0.25, 0.3) is 0 Å². The first-order chi connectivity index (χ1) is 16.4. The third-order valence-corrected chi connectivity index (χ3v) is 5.98. The number of benzene rings is 3. The zero-order valence-electron chi connectivity index (χ0n) is 19.5. The Hall–Kier alpha value is -3.48. The molecule has 6 heteroatoms. The van der Waals surface area contributed by atoms with Crippen molar-refractivity contribution in [3.63, 3.8) is 0 Å². The van der Waals surface area contributed by atoms with Gasteiger partial charge in [-0.15, -0.1) is 0 Å². The van der Waals surface area contributed by atoms with Crippen LogP contribution in [0.1, 0.15) is 41.5 Å². The Kier molecular flexibility index (Phi) is 8.96. The topological polar surface area (TPSA) is 104 Å². The zero-order valence-corrected chi connectivity index (χ0v) is 19.5. The Morgan fingerprint density at radius 2 is 1.38 bits per heavy atom. The van der Waals surface area contributed by atoms with Crippen LogP contribution < -0.4 is 16.4 Å². The van der Waals surface area contributed by atoms with E-state index in [4.69, 9.17) is 10.8 Å². The molecule has 178 valence electrons. The van der Waals surface area contributed by atoms with E-state index >= 15 is 0 Å². The van der Waals surface area contributed by atoms with E-state index in [1.54, 1.807) is 0 Å². The minimum absolute atomic E-state index is 0.415. The molecule has 5 N–H and O–H groups in total. The summed E-state index contributed by atoms with van der Waals surface area (Å²) in [5.74, 6) is -1.52. The maximum atomic E-state index is 11.9. The molecular formula is C28H33N3O3. The monoisotopic (exact) mass is 459 g/mol. The van der Waals surface area contributed by atoms with Crippen LogP contribution in [0.3, 0.4) is 0 Å². The molecule has 0 saturated heterocycles. The minimum atomic E-state index is -1.08. The lowest BCUT2D eigenvalue weighted by molar-refractivity contribution is -0.138. The number of hydrogen-bond donors (Lipinski definition) is 4. The van der Waals surface area contributed by atoms with Gasteiger partial charge in [-0.1, -0.05) is 96.9 Å². The number of aryl methyl sites for hydroxylation is 1. The van der Waals surface area contributed by atoms with E-state index in [0.717, 1.165) is 29.5 Å². The Morgan fingerprint density at radius 1 is 0.853 bits per heavy atom. The Balaban J connectivity index is 1.78. The second-order valence-corrected chi connectivity index (χ2v) is 8.49.